The largest absolute Gasteiger partial charge is 0.522 e. The zero-order valence-electron chi connectivity index (χ0n) is 6.48. The van der Waals surface area contributed by atoms with Crippen LogP contribution in [0.15, 0.2) is 12.3 Å². The molecule has 0 radical (unpaired) electrons. The topological polar surface area (TPSA) is 80.7 Å². The summed E-state index contributed by atoms with van der Waals surface area (Å²) < 4.78 is 61.9. The van der Waals surface area contributed by atoms with E-state index in [0.717, 1.165) is 0 Å². The predicted octanol–water partition coefficient (Wildman–Crippen LogP) is 0.841. The summed E-state index contributed by atoms with van der Waals surface area (Å²) in [5.74, 6) is -0.157. The molecule has 0 unspecified atom stereocenters. The van der Waals surface area contributed by atoms with E-state index >= 15 is 0 Å². The van der Waals surface area contributed by atoms with Crippen molar-refractivity contribution in [1.29, 1.82) is 0 Å². The number of ether oxygens (including phenoxy) is 1. The quantitative estimate of drug-likeness (QED) is 0.381. The van der Waals surface area contributed by atoms with Crippen molar-refractivity contribution in [2.75, 3.05) is 0 Å². The second-order valence-electron chi connectivity index (χ2n) is 1.99. The molecule has 14 heavy (non-hydrogen) atoms. The number of carbonyl (C=O) groups is 1. The molecule has 1 heterocycles. The number of carbonyl (C=O) groups excluding carboxylic acids is 1. The second kappa shape index (κ2) is 4.42. The van der Waals surface area contributed by atoms with Crippen molar-refractivity contribution in [3.05, 3.63) is 12.3 Å². The molecule has 0 bridgehead atoms. The van der Waals surface area contributed by atoms with Crippen LogP contribution in [-0.2, 0) is 19.6 Å². The third-order valence-electron chi connectivity index (χ3n) is 0.873. The Bertz CT molecular complexity index is 318. The predicted molar refractivity (Wildman–Crippen MR) is 37.5 cm³/mol. The maximum absolute atomic E-state index is 10.7. The maximum atomic E-state index is 10.7. The first-order valence-electron chi connectivity index (χ1n) is 3.03. The first kappa shape index (κ1) is 12.9. The van der Waals surface area contributed by atoms with E-state index in [0.29, 0.717) is 6.42 Å². The molecule has 0 aromatic heterocycles. The monoisotopic (exact) mass is 234 g/mol. The van der Waals surface area contributed by atoms with Crippen molar-refractivity contribution in [2.24, 2.45) is 0 Å². The SMILES string of the molecule is O=C1CC=CO1.O=S(=O)(O)C(F)(F)F. The molecule has 82 valence electrons. The van der Waals surface area contributed by atoms with Crippen molar-refractivity contribution in [3.8, 4) is 0 Å². The molecule has 5 nitrogen and oxygen atoms in total. The fourth-order valence-electron chi connectivity index (χ4n) is 0.316. The minimum absolute atomic E-state index is 0.157. The molecular weight excluding hydrogens is 229 g/mol. The Morgan fingerprint density at radius 1 is 1.43 bits per heavy atom. The van der Waals surface area contributed by atoms with Crippen molar-refractivity contribution in [2.45, 2.75) is 11.9 Å². The summed E-state index contributed by atoms with van der Waals surface area (Å²) in [6.07, 6.45) is 3.53. The van der Waals surface area contributed by atoms with Crippen LogP contribution < -0.4 is 0 Å². The van der Waals surface area contributed by atoms with Gasteiger partial charge in [0.15, 0.2) is 0 Å². The molecule has 1 aliphatic rings. The van der Waals surface area contributed by atoms with Crippen LogP contribution in [0.4, 0.5) is 13.2 Å². The Hall–Kier alpha value is -1.09. The minimum Gasteiger partial charge on any atom is -0.435 e. The lowest BCUT2D eigenvalue weighted by molar-refractivity contribution is -0.135. The molecule has 0 saturated heterocycles. The lowest BCUT2D eigenvalue weighted by Gasteiger charge is -1.97. The van der Waals surface area contributed by atoms with E-state index in [-0.39, 0.29) is 5.97 Å². The highest BCUT2D eigenvalue weighted by Crippen LogP contribution is 2.20. The van der Waals surface area contributed by atoms with Crippen molar-refractivity contribution >= 4 is 16.1 Å². The van der Waals surface area contributed by atoms with Gasteiger partial charge in [0, 0.05) is 0 Å². The van der Waals surface area contributed by atoms with Crippen LogP contribution in [0.3, 0.4) is 0 Å². The molecule has 0 amide bonds. The van der Waals surface area contributed by atoms with Gasteiger partial charge in [-0.2, -0.15) is 21.6 Å². The molecule has 0 fully saturated rings. The van der Waals surface area contributed by atoms with Gasteiger partial charge < -0.3 is 4.74 Å². The number of esters is 1. The zero-order chi connectivity index (χ0) is 11.4. The smallest absolute Gasteiger partial charge is 0.435 e. The first-order chi connectivity index (χ1) is 6.14. The van der Waals surface area contributed by atoms with E-state index in [1.807, 2.05) is 0 Å². The van der Waals surface area contributed by atoms with E-state index < -0.39 is 15.6 Å². The highest BCUT2D eigenvalue weighted by Gasteiger charge is 2.44. The van der Waals surface area contributed by atoms with Gasteiger partial charge in [-0.15, -0.1) is 0 Å². The molecule has 1 N–H and O–H groups in total. The summed E-state index contributed by atoms with van der Waals surface area (Å²) in [5, 5.41) is 0. The van der Waals surface area contributed by atoms with Gasteiger partial charge in [-0.1, -0.05) is 0 Å². The minimum atomic E-state index is -5.84. The van der Waals surface area contributed by atoms with Crippen molar-refractivity contribution in [1.82, 2.24) is 0 Å². The third-order valence-corrected chi connectivity index (χ3v) is 1.46. The van der Waals surface area contributed by atoms with E-state index in [9.17, 15) is 18.0 Å². The summed E-state index contributed by atoms with van der Waals surface area (Å²) in [6, 6.07) is 0. The first-order valence-corrected chi connectivity index (χ1v) is 4.47. The molecule has 0 saturated carbocycles. The van der Waals surface area contributed by atoms with E-state index in [4.69, 9.17) is 13.0 Å². The standard InChI is InChI=1S/C4H4O2.CHF3O3S/c5-4-2-1-3-6-4;2-1(3,4)8(5,6)7/h1,3H,2H2;(H,5,6,7). The fourth-order valence-corrected chi connectivity index (χ4v) is 0.316. The summed E-state index contributed by atoms with van der Waals surface area (Å²) in [4.78, 5) is 9.96. The lowest BCUT2D eigenvalue weighted by atomic mass is 10.5. The van der Waals surface area contributed by atoms with Crippen LogP contribution in [0.25, 0.3) is 0 Å². The molecule has 0 aromatic carbocycles. The van der Waals surface area contributed by atoms with E-state index in [1.54, 1.807) is 6.08 Å². The normalized spacial score (nSPS) is 15.9. The Kier molecular flexibility index (Phi) is 4.08. The maximum Gasteiger partial charge on any atom is 0.522 e. The second-order valence-corrected chi connectivity index (χ2v) is 3.40. The van der Waals surface area contributed by atoms with Crippen LogP contribution in [0.1, 0.15) is 6.42 Å². The highest BCUT2D eigenvalue weighted by atomic mass is 32.2. The van der Waals surface area contributed by atoms with Crippen molar-refractivity contribution < 1.29 is 35.7 Å². The van der Waals surface area contributed by atoms with Crippen molar-refractivity contribution in [3.63, 3.8) is 0 Å². The number of hydrogen-bond donors (Lipinski definition) is 1. The number of rotatable bonds is 0. The van der Waals surface area contributed by atoms with Crippen LogP contribution in [-0.4, -0.2) is 24.4 Å². The zero-order valence-corrected chi connectivity index (χ0v) is 7.30. The molecule has 0 spiro atoms. The fraction of sp³-hybridized carbons (Fsp3) is 0.400. The molecular formula is C5H5F3O5S. The number of hydrogen-bond acceptors (Lipinski definition) is 4. The summed E-state index contributed by atoms with van der Waals surface area (Å²) in [7, 11) is -5.84. The molecule has 0 aliphatic carbocycles. The number of halogens is 3. The van der Waals surface area contributed by atoms with Crippen LogP contribution in [0.2, 0.25) is 0 Å². The number of cyclic esters (lactones) is 1. The summed E-state index contributed by atoms with van der Waals surface area (Å²) in [6.45, 7) is 0. The summed E-state index contributed by atoms with van der Waals surface area (Å²) >= 11 is 0. The number of alkyl halides is 3. The molecule has 1 aliphatic heterocycles. The molecule has 0 atom stereocenters. The average molecular weight is 234 g/mol. The van der Waals surface area contributed by atoms with Crippen LogP contribution >= 0.6 is 0 Å². The Balaban J connectivity index is 0.000000249. The van der Waals surface area contributed by atoms with Gasteiger partial charge in [0.1, 0.15) is 0 Å². The van der Waals surface area contributed by atoms with Crippen LogP contribution in [0, 0.1) is 0 Å². The molecule has 0 aromatic rings. The lowest BCUT2D eigenvalue weighted by Crippen LogP contribution is -2.21. The Morgan fingerprint density at radius 3 is 1.93 bits per heavy atom. The van der Waals surface area contributed by atoms with Gasteiger partial charge in [0.05, 0.1) is 12.7 Å². The van der Waals surface area contributed by atoms with E-state index in [1.165, 1.54) is 6.26 Å². The third kappa shape index (κ3) is 4.82. The van der Waals surface area contributed by atoms with E-state index in [2.05, 4.69) is 4.74 Å². The van der Waals surface area contributed by atoms with Crippen LogP contribution in [0.5, 0.6) is 0 Å². The van der Waals surface area contributed by atoms with Gasteiger partial charge in [-0.25, -0.2) is 0 Å². The van der Waals surface area contributed by atoms with Gasteiger partial charge in [-0.3, -0.25) is 9.35 Å². The van der Waals surface area contributed by atoms with Gasteiger partial charge in [0.2, 0.25) is 0 Å². The highest BCUT2D eigenvalue weighted by molar-refractivity contribution is 7.86. The van der Waals surface area contributed by atoms with Gasteiger partial charge in [0.25, 0.3) is 0 Å². The van der Waals surface area contributed by atoms with Gasteiger partial charge in [-0.05, 0) is 6.08 Å². The average Bonchev–Trinajstić information content (AvgIpc) is 2.35. The summed E-state index contributed by atoms with van der Waals surface area (Å²) in [5.41, 5.74) is -5.53. The molecule has 1 rings (SSSR count). The Labute approximate surface area is 76.9 Å². The Morgan fingerprint density at radius 2 is 1.86 bits per heavy atom. The molecule has 9 heteroatoms. The van der Waals surface area contributed by atoms with Gasteiger partial charge >= 0.3 is 21.6 Å².